The van der Waals surface area contributed by atoms with Gasteiger partial charge in [0, 0.05) is 18.1 Å². The number of piperidine rings is 1. The van der Waals surface area contributed by atoms with E-state index in [-0.39, 0.29) is 12.1 Å². The molecule has 1 aromatic heterocycles. The Morgan fingerprint density at radius 2 is 1.34 bits per heavy atom. The van der Waals surface area contributed by atoms with Crippen molar-refractivity contribution in [2.45, 2.75) is 49.9 Å². The van der Waals surface area contributed by atoms with Gasteiger partial charge < -0.3 is 9.67 Å². The van der Waals surface area contributed by atoms with E-state index < -0.39 is 17.2 Å². The van der Waals surface area contributed by atoms with Gasteiger partial charge in [-0.3, -0.25) is 9.69 Å². The third kappa shape index (κ3) is 3.74. The Labute approximate surface area is 203 Å². The number of carbonyl (C=O) groups is 1. The first-order chi connectivity index (χ1) is 17.1. The van der Waals surface area contributed by atoms with Crippen LogP contribution in [0.25, 0.3) is 11.0 Å². The van der Waals surface area contributed by atoms with Gasteiger partial charge in [-0.25, -0.2) is 9.78 Å². The molecule has 2 aliphatic rings. The molecule has 3 aromatic carbocycles. The molecule has 35 heavy (non-hydrogen) atoms. The van der Waals surface area contributed by atoms with Crippen molar-refractivity contribution < 1.29 is 9.90 Å². The van der Waals surface area contributed by atoms with Crippen LogP contribution in [0, 0.1) is 0 Å². The van der Waals surface area contributed by atoms with E-state index in [0.29, 0.717) is 23.1 Å². The second kappa shape index (κ2) is 8.78. The van der Waals surface area contributed by atoms with E-state index >= 15 is 0 Å². The van der Waals surface area contributed by atoms with Gasteiger partial charge in [-0.1, -0.05) is 72.8 Å². The number of nitrogens with zero attached hydrogens (tertiary/aromatic N) is 3. The summed E-state index contributed by atoms with van der Waals surface area (Å²) in [4.78, 5) is 31.9. The minimum Gasteiger partial charge on any atom is -0.476 e. The first-order valence-corrected chi connectivity index (χ1v) is 12.2. The van der Waals surface area contributed by atoms with Crippen LogP contribution in [-0.2, 0) is 0 Å². The van der Waals surface area contributed by atoms with E-state index in [0.717, 1.165) is 25.7 Å². The summed E-state index contributed by atoms with van der Waals surface area (Å²) in [5.74, 6) is -1.27. The first kappa shape index (κ1) is 21.7. The zero-order valence-corrected chi connectivity index (χ0v) is 19.3. The first-order valence-electron chi connectivity index (χ1n) is 12.2. The molecule has 2 fully saturated rings. The average Bonchev–Trinajstić information content (AvgIpc) is 3.13. The van der Waals surface area contributed by atoms with E-state index in [1.165, 1.54) is 11.1 Å². The van der Waals surface area contributed by atoms with E-state index in [9.17, 15) is 14.7 Å². The number of fused-ring (bicyclic) bond motifs is 3. The van der Waals surface area contributed by atoms with Gasteiger partial charge in [0.25, 0.3) is 5.56 Å². The zero-order valence-electron chi connectivity index (χ0n) is 19.3. The Morgan fingerprint density at radius 1 is 0.800 bits per heavy atom. The topological polar surface area (TPSA) is 75.4 Å². The largest absolute Gasteiger partial charge is 0.476 e. The number of hydrogen-bond donors (Lipinski definition) is 1. The van der Waals surface area contributed by atoms with E-state index in [2.05, 4.69) is 58.4 Å². The summed E-state index contributed by atoms with van der Waals surface area (Å²) in [6.45, 7) is 0. The Balaban J connectivity index is 1.42. The smallest absolute Gasteiger partial charge is 0.360 e. The van der Waals surface area contributed by atoms with Gasteiger partial charge in [0.05, 0.1) is 17.1 Å². The van der Waals surface area contributed by atoms with Crippen LogP contribution in [0.15, 0.2) is 89.7 Å². The van der Waals surface area contributed by atoms with Gasteiger partial charge in [0.2, 0.25) is 5.69 Å². The maximum absolute atomic E-state index is 13.3. The third-order valence-electron chi connectivity index (χ3n) is 7.66. The Hall–Kier alpha value is -3.77. The fraction of sp³-hybridized carbons (Fsp3) is 0.276. The Bertz CT molecular complexity index is 1380. The molecule has 0 saturated carbocycles. The molecule has 1 unspecified atom stereocenters. The lowest BCUT2D eigenvalue weighted by molar-refractivity contribution is 0.0681. The van der Waals surface area contributed by atoms with E-state index in [1.807, 2.05) is 30.3 Å². The number of aromatic nitrogens is 2. The summed E-state index contributed by atoms with van der Waals surface area (Å²) in [7, 11) is 0. The molecule has 1 N–H and O–H groups in total. The maximum Gasteiger partial charge on any atom is 0.360 e. The number of aromatic carboxylic acids is 1. The molecular weight excluding hydrogens is 438 g/mol. The minimum absolute atomic E-state index is 0.0607. The van der Waals surface area contributed by atoms with Crippen LogP contribution in [0.2, 0.25) is 0 Å². The van der Waals surface area contributed by atoms with Gasteiger partial charge in [0.15, 0.2) is 0 Å². The van der Waals surface area contributed by atoms with Crippen molar-refractivity contribution in [3.05, 3.63) is 112 Å². The van der Waals surface area contributed by atoms with Crippen molar-refractivity contribution in [1.82, 2.24) is 14.5 Å². The summed E-state index contributed by atoms with van der Waals surface area (Å²) >= 11 is 0. The van der Waals surface area contributed by atoms with Crippen molar-refractivity contribution in [3.63, 3.8) is 0 Å². The average molecular weight is 466 g/mol. The molecule has 3 heterocycles. The summed E-state index contributed by atoms with van der Waals surface area (Å²) in [5.41, 5.74) is 2.90. The third-order valence-corrected chi connectivity index (χ3v) is 7.66. The molecule has 0 aliphatic carbocycles. The maximum atomic E-state index is 13.3. The number of benzene rings is 3. The molecule has 2 aliphatic heterocycles. The highest BCUT2D eigenvalue weighted by atomic mass is 16.4. The number of carboxylic acids is 1. The van der Waals surface area contributed by atoms with Crippen LogP contribution in [0.3, 0.4) is 0 Å². The van der Waals surface area contributed by atoms with Crippen LogP contribution in [-0.4, -0.2) is 37.6 Å². The van der Waals surface area contributed by atoms with Crippen molar-refractivity contribution in [3.8, 4) is 0 Å². The minimum atomic E-state index is -1.27. The monoisotopic (exact) mass is 465 g/mol. The van der Waals surface area contributed by atoms with E-state index in [4.69, 9.17) is 0 Å². The lowest BCUT2D eigenvalue weighted by Crippen LogP contribution is -2.47. The molecule has 176 valence electrons. The van der Waals surface area contributed by atoms with Crippen molar-refractivity contribution in [2.24, 2.45) is 0 Å². The summed E-state index contributed by atoms with van der Waals surface area (Å²) in [6, 6.07) is 29.3. The highest BCUT2D eigenvalue weighted by Gasteiger charge is 2.45. The van der Waals surface area contributed by atoms with Crippen molar-refractivity contribution in [2.75, 3.05) is 0 Å². The number of carboxylic acid groups (broad SMARTS) is 1. The van der Waals surface area contributed by atoms with Crippen LogP contribution in [0.5, 0.6) is 0 Å². The predicted molar refractivity (Wildman–Crippen MR) is 135 cm³/mol. The van der Waals surface area contributed by atoms with Gasteiger partial charge in [0.1, 0.15) is 0 Å². The highest BCUT2D eigenvalue weighted by molar-refractivity contribution is 5.88. The highest BCUT2D eigenvalue weighted by Crippen LogP contribution is 2.47. The van der Waals surface area contributed by atoms with Gasteiger partial charge in [-0.15, -0.1) is 0 Å². The summed E-state index contributed by atoms with van der Waals surface area (Å²) < 4.78 is 1.72. The normalized spacial score (nSPS) is 22.0. The number of hydrogen-bond acceptors (Lipinski definition) is 4. The molecule has 6 nitrogen and oxygen atoms in total. The molecule has 2 bridgehead atoms. The molecule has 0 radical (unpaired) electrons. The van der Waals surface area contributed by atoms with Crippen LogP contribution in [0.4, 0.5) is 0 Å². The van der Waals surface area contributed by atoms with Gasteiger partial charge in [-0.2, -0.15) is 0 Å². The lowest BCUT2D eigenvalue weighted by atomic mass is 9.89. The second-order valence-electron chi connectivity index (χ2n) is 9.61. The molecule has 3 atom stereocenters. The van der Waals surface area contributed by atoms with E-state index in [1.54, 1.807) is 10.6 Å². The molecule has 6 heteroatoms. The van der Waals surface area contributed by atoms with Crippen LogP contribution >= 0.6 is 0 Å². The predicted octanol–water partition coefficient (Wildman–Crippen LogP) is 5.05. The zero-order chi connectivity index (χ0) is 23.9. The van der Waals surface area contributed by atoms with Gasteiger partial charge >= 0.3 is 5.97 Å². The Kier molecular flexibility index (Phi) is 5.46. The lowest BCUT2D eigenvalue weighted by Gasteiger charge is -2.44. The number of para-hydroxylation sites is 2. The fourth-order valence-corrected chi connectivity index (χ4v) is 6.28. The summed E-state index contributed by atoms with van der Waals surface area (Å²) in [6.07, 6.45) is 3.75. The van der Waals surface area contributed by atoms with Gasteiger partial charge in [-0.05, 0) is 48.9 Å². The standard InChI is InChI=1S/C29H27N3O3/c33-28-26(29(34)35)30-24-13-7-8-14-25(24)32(28)23-17-21-15-16-22(18-23)31(21)27(19-9-3-1-4-10-19)20-11-5-2-6-12-20/h1-14,21-23,27H,15-18H2,(H,34,35)/t21-,22+,23?. The Morgan fingerprint density at radius 3 is 1.91 bits per heavy atom. The molecule has 0 spiro atoms. The van der Waals surface area contributed by atoms with Crippen LogP contribution < -0.4 is 5.56 Å². The molecule has 0 amide bonds. The van der Waals surface area contributed by atoms with Crippen LogP contribution in [0.1, 0.15) is 59.4 Å². The summed E-state index contributed by atoms with van der Waals surface area (Å²) in [5, 5.41) is 9.65. The van der Waals surface area contributed by atoms with Crippen molar-refractivity contribution >= 4 is 17.0 Å². The quantitative estimate of drug-likeness (QED) is 0.446. The SMILES string of the molecule is O=C(O)c1nc2ccccc2n(C2C[C@H]3CC[C@@H](C2)N3C(c2ccccc2)c2ccccc2)c1=O. The molecule has 2 saturated heterocycles. The molecule has 6 rings (SSSR count). The molecular formula is C29H27N3O3. The molecule has 4 aromatic rings. The van der Waals surface area contributed by atoms with Crippen molar-refractivity contribution in [1.29, 1.82) is 0 Å². The number of rotatable bonds is 5. The fourth-order valence-electron chi connectivity index (χ4n) is 6.28. The second-order valence-corrected chi connectivity index (χ2v) is 9.61.